The highest BCUT2D eigenvalue weighted by molar-refractivity contribution is 6.03. The minimum absolute atomic E-state index is 0.0500. The molecule has 0 atom stereocenters. The van der Waals surface area contributed by atoms with E-state index < -0.39 is 5.60 Å². The Morgan fingerprint density at radius 3 is 2.63 bits per heavy atom. The molecule has 0 radical (unpaired) electrons. The van der Waals surface area contributed by atoms with Gasteiger partial charge >= 0.3 is 0 Å². The fraction of sp³-hybridized carbons (Fsp3) is 0.562. The number of ketones is 1. The Balaban J connectivity index is 2.36. The Labute approximate surface area is 114 Å². The third kappa shape index (κ3) is 2.86. The number of carbonyl (C=O) groups excluding carboxylic acids is 1. The van der Waals surface area contributed by atoms with Crippen LogP contribution < -0.4 is 0 Å². The van der Waals surface area contributed by atoms with Crippen LogP contribution in [0.5, 0.6) is 0 Å². The quantitative estimate of drug-likeness (QED) is 0.767. The summed E-state index contributed by atoms with van der Waals surface area (Å²) in [5.74, 6) is -0.414. The molecule has 1 aromatic carbocycles. The van der Waals surface area contributed by atoms with Crippen LogP contribution >= 0.6 is 0 Å². The number of carbonyl (C=O) groups is 1. The molecule has 0 saturated heterocycles. The van der Waals surface area contributed by atoms with Crippen LogP contribution in [0.15, 0.2) is 18.2 Å². The molecule has 0 N–H and O–H groups in total. The van der Waals surface area contributed by atoms with Crippen molar-refractivity contribution in [2.45, 2.75) is 51.6 Å². The van der Waals surface area contributed by atoms with E-state index in [1.54, 1.807) is 6.07 Å². The molecule has 2 rings (SSSR count). The van der Waals surface area contributed by atoms with Crippen molar-refractivity contribution in [2.24, 2.45) is 0 Å². The summed E-state index contributed by atoms with van der Waals surface area (Å²) in [5, 5.41) is 0. The number of rotatable bonds is 4. The molecule has 19 heavy (non-hydrogen) atoms. The average molecular weight is 264 g/mol. The number of hydrogen-bond donors (Lipinski definition) is 0. The molecular formula is C16H21FO2. The van der Waals surface area contributed by atoms with Gasteiger partial charge in [-0.1, -0.05) is 25.3 Å². The first kappa shape index (κ1) is 14.2. The van der Waals surface area contributed by atoms with Gasteiger partial charge in [-0.3, -0.25) is 4.79 Å². The summed E-state index contributed by atoms with van der Waals surface area (Å²) in [6.45, 7) is 4.26. The van der Waals surface area contributed by atoms with Crippen LogP contribution in [0, 0.1) is 12.7 Å². The molecule has 104 valence electrons. The lowest BCUT2D eigenvalue weighted by Crippen LogP contribution is -2.43. The Hall–Kier alpha value is -1.22. The highest BCUT2D eigenvalue weighted by Gasteiger charge is 2.41. The maximum Gasteiger partial charge on any atom is 0.194 e. The maximum absolute atomic E-state index is 13.4. The predicted molar refractivity (Wildman–Crippen MR) is 72.9 cm³/mol. The van der Waals surface area contributed by atoms with Crippen LogP contribution in [0.2, 0.25) is 0 Å². The predicted octanol–water partition coefficient (Wildman–Crippen LogP) is 4.06. The molecule has 0 heterocycles. The minimum atomic E-state index is -0.731. The second-order valence-electron chi connectivity index (χ2n) is 5.28. The normalized spacial score (nSPS) is 18.3. The van der Waals surface area contributed by atoms with Gasteiger partial charge in [-0.2, -0.15) is 0 Å². The fourth-order valence-corrected chi connectivity index (χ4v) is 2.92. The topological polar surface area (TPSA) is 26.3 Å². The largest absolute Gasteiger partial charge is 0.367 e. The van der Waals surface area contributed by atoms with Crippen LogP contribution in [0.1, 0.15) is 54.9 Å². The third-order valence-electron chi connectivity index (χ3n) is 3.94. The first-order chi connectivity index (χ1) is 9.09. The molecule has 2 nitrogen and oxygen atoms in total. The van der Waals surface area contributed by atoms with Gasteiger partial charge < -0.3 is 4.74 Å². The molecule has 0 spiro atoms. The lowest BCUT2D eigenvalue weighted by molar-refractivity contribution is -0.0411. The van der Waals surface area contributed by atoms with Crippen molar-refractivity contribution >= 4 is 5.78 Å². The van der Waals surface area contributed by atoms with E-state index in [4.69, 9.17) is 4.74 Å². The summed E-state index contributed by atoms with van der Waals surface area (Å²) in [4.78, 5) is 12.8. The summed E-state index contributed by atoms with van der Waals surface area (Å²) < 4.78 is 19.2. The van der Waals surface area contributed by atoms with Crippen molar-refractivity contribution < 1.29 is 13.9 Å². The number of ether oxygens (including phenoxy) is 1. The summed E-state index contributed by atoms with van der Waals surface area (Å²) >= 11 is 0. The van der Waals surface area contributed by atoms with E-state index >= 15 is 0 Å². The van der Waals surface area contributed by atoms with Crippen LogP contribution in [-0.4, -0.2) is 18.0 Å². The van der Waals surface area contributed by atoms with Crippen LogP contribution in [0.3, 0.4) is 0 Å². The van der Waals surface area contributed by atoms with Gasteiger partial charge in [0.1, 0.15) is 11.4 Å². The molecule has 0 aromatic heterocycles. The zero-order valence-corrected chi connectivity index (χ0v) is 11.7. The summed E-state index contributed by atoms with van der Waals surface area (Å²) in [6, 6.07) is 4.39. The maximum atomic E-state index is 13.4. The zero-order chi connectivity index (χ0) is 13.9. The van der Waals surface area contributed by atoms with Gasteiger partial charge in [0.15, 0.2) is 5.78 Å². The van der Waals surface area contributed by atoms with Crippen LogP contribution in [-0.2, 0) is 4.74 Å². The van der Waals surface area contributed by atoms with Gasteiger partial charge in [-0.25, -0.2) is 4.39 Å². The van der Waals surface area contributed by atoms with Crippen molar-refractivity contribution in [1.29, 1.82) is 0 Å². The lowest BCUT2D eigenvalue weighted by atomic mass is 9.78. The SMILES string of the molecule is CCOC1(C(=O)c2cc(F)ccc2C)CCCCC1. The van der Waals surface area contributed by atoms with Gasteiger partial charge in [0.25, 0.3) is 0 Å². The molecule has 1 aromatic rings. The summed E-state index contributed by atoms with van der Waals surface area (Å²) in [5.41, 5.74) is 0.553. The monoisotopic (exact) mass is 264 g/mol. The highest BCUT2D eigenvalue weighted by Crippen LogP contribution is 2.35. The van der Waals surface area contributed by atoms with E-state index in [1.165, 1.54) is 12.1 Å². The molecule has 3 heteroatoms. The van der Waals surface area contributed by atoms with Crippen molar-refractivity contribution in [1.82, 2.24) is 0 Å². The van der Waals surface area contributed by atoms with Crippen molar-refractivity contribution in [2.75, 3.05) is 6.61 Å². The molecule has 1 aliphatic carbocycles. The average Bonchev–Trinajstić information content (AvgIpc) is 2.42. The summed E-state index contributed by atoms with van der Waals surface area (Å²) in [6.07, 6.45) is 4.63. The molecule has 0 aliphatic heterocycles. The van der Waals surface area contributed by atoms with E-state index in [-0.39, 0.29) is 11.6 Å². The number of hydrogen-bond acceptors (Lipinski definition) is 2. The molecule has 0 amide bonds. The van der Waals surface area contributed by atoms with Gasteiger partial charge in [0, 0.05) is 12.2 Å². The number of aryl methyl sites for hydroxylation is 1. The van der Waals surface area contributed by atoms with E-state index in [0.29, 0.717) is 12.2 Å². The molecular weight excluding hydrogens is 243 g/mol. The minimum Gasteiger partial charge on any atom is -0.367 e. The second kappa shape index (κ2) is 5.83. The Bertz CT molecular complexity index is 456. The number of Topliss-reactive ketones (excluding diaryl/α,β-unsaturated/α-hetero) is 1. The Morgan fingerprint density at radius 2 is 2.00 bits per heavy atom. The van der Waals surface area contributed by atoms with Crippen molar-refractivity contribution in [3.63, 3.8) is 0 Å². The third-order valence-corrected chi connectivity index (χ3v) is 3.94. The van der Waals surface area contributed by atoms with Crippen LogP contribution in [0.4, 0.5) is 4.39 Å². The first-order valence-electron chi connectivity index (χ1n) is 7.04. The van der Waals surface area contributed by atoms with Crippen molar-refractivity contribution in [3.8, 4) is 0 Å². The fourth-order valence-electron chi connectivity index (χ4n) is 2.92. The van der Waals surface area contributed by atoms with Gasteiger partial charge in [-0.15, -0.1) is 0 Å². The van der Waals surface area contributed by atoms with E-state index in [1.807, 2.05) is 13.8 Å². The van der Waals surface area contributed by atoms with Gasteiger partial charge in [0.05, 0.1) is 0 Å². The summed E-state index contributed by atoms with van der Waals surface area (Å²) in [7, 11) is 0. The standard InChI is InChI=1S/C16H21FO2/c1-3-19-16(9-5-4-6-10-16)15(18)14-11-13(17)8-7-12(14)2/h7-8,11H,3-6,9-10H2,1-2H3. The van der Waals surface area contributed by atoms with Crippen molar-refractivity contribution in [3.05, 3.63) is 35.1 Å². The van der Waals surface area contributed by atoms with E-state index in [9.17, 15) is 9.18 Å². The first-order valence-corrected chi connectivity index (χ1v) is 7.04. The zero-order valence-electron chi connectivity index (χ0n) is 11.7. The molecule has 1 saturated carbocycles. The van der Waals surface area contributed by atoms with E-state index in [0.717, 1.165) is 37.7 Å². The Kier molecular flexibility index (Phi) is 4.35. The molecule has 1 aliphatic rings. The molecule has 0 unspecified atom stereocenters. The smallest absolute Gasteiger partial charge is 0.194 e. The highest BCUT2D eigenvalue weighted by atomic mass is 19.1. The number of halogens is 1. The van der Waals surface area contributed by atoms with Gasteiger partial charge in [0.2, 0.25) is 0 Å². The second-order valence-corrected chi connectivity index (χ2v) is 5.28. The van der Waals surface area contributed by atoms with E-state index in [2.05, 4.69) is 0 Å². The van der Waals surface area contributed by atoms with Crippen LogP contribution in [0.25, 0.3) is 0 Å². The Morgan fingerprint density at radius 1 is 1.32 bits per heavy atom. The molecule has 1 fully saturated rings. The molecule has 0 bridgehead atoms. The van der Waals surface area contributed by atoms with Gasteiger partial charge in [-0.05, 0) is 44.4 Å². The lowest BCUT2D eigenvalue weighted by Gasteiger charge is -2.35. The number of benzene rings is 1.